The van der Waals surface area contributed by atoms with Gasteiger partial charge in [0.05, 0.1) is 12.1 Å². The molecule has 150 valence electrons. The number of halogens is 3. The largest absolute Gasteiger partial charge is 0.573 e. The first-order chi connectivity index (χ1) is 13.2. The molecule has 1 fully saturated rings. The fourth-order valence-electron chi connectivity index (χ4n) is 3.16. The molecule has 9 heteroatoms. The van der Waals surface area contributed by atoms with Crippen molar-refractivity contribution in [3.05, 3.63) is 47.4 Å². The minimum absolute atomic E-state index is 0.130. The van der Waals surface area contributed by atoms with Gasteiger partial charge in [0.25, 0.3) is 5.91 Å². The summed E-state index contributed by atoms with van der Waals surface area (Å²) in [6, 6.07) is 7.05. The van der Waals surface area contributed by atoms with Crippen LogP contribution in [0, 0.1) is 13.8 Å². The zero-order valence-electron chi connectivity index (χ0n) is 15.5. The minimum Gasteiger partial charge on any atom is -0.472 e. The van der Waals surface area contributed by atoms with Gasteiger partial charge < -0.3 is 14.4 Å². The molecule has 28 heavy (non-hydrogen) atoms. The van der Waals surface area contributed by atoms with E-state index in [1.165, 1.54) is 23.1 Å². The summed E-state index contributed by atoms with van der Waals surface area (Å²) < 4.78 is 47.7. The maximum absolute atomic E-state index is 12.8. The number of amides is 1. The fourth-order valence-corrected chi connectivity index (χ4v) is 3.16. The molecule has 0 radical (unpaired) electrons. The van der Waals surface area contributed by atoms with E-state index in [9.17, 15) is 18.0 Å². The van der Waals surface area contributed by atoms with Gasteiger partial charge in [0.1, 0.15) is 17.7 Å². The Morgan fingerprint density at radius 2 is 1.96 bits per heavy atom. The van der Waals surface area contributed by atoms with E-state index in [0.29, 0.717) is 31.1 Å². The van der Waals surface area contributed by atoms with Crippen LogP contribution >= 0.6 is 0 Å². The summed E-state index contributed by atoms with van der Waals surface area (Å²) in [4.78, 5) is 22.7. The smallest absolute Gasteiger partial charge is 0.472 e. The second-order valence-electron chi connectivity index (χ2n) is 6.57. The first kappa shape index (κ1) is 19.9. The summed E-state index contributed by atoms with van der Waals surface area (Å²) in [5.74, 6) is -0.0321. The quantitative estimate of drug-likeness (QED) is 0.790. The molecule has 0 bridgehead atoms. The second kappa shape index (κ2) is 8.04. The third-order valence-electron chi connectivity index (χ3n) is 4.24. The van der Waals surface area contributed by atoms with E-state index in [1.807, 2.05) is 6.92 Å². The third kappa shape index (κ3) is 5.11. The van der Waals surface area contributed by atoms with E-state index < -0.39 is 18.0 Å². The Bertz CT molecular complexity index is 838. The number of ether oxygens (including phenoxy) is 2. The number of hydrogen-bond acceptors (Lipinski definition) is 5. The van der Waals surface area contributed by atoms with Crippen LogP contribution in [-0.2, 0) is 0 Å². The number of nitrogens with zero attached hydrogens (tertiary/aromatic N) is 3. The number of alkyl halides is 3. The van der Waals surface area contributed by atoms with Crippen LogP contribution in [0.5, 0.6) is 11.6 Å². The maximum atomic E-state index is 12.8. The molecule has 2 aromatic rings. The molecule has 3 rings (SSSR count). The van der Waals surface area contributed by atoms with Crippen molar-refractivity contribution in [1.29, 1.82) is 0 Å². The van der Waals surface area contributed by atoms with Crippen LogP contribution in [0.3, 0.4) is 0 Å². The Hall–Kier alpha value is -2.84. The van der Waals surface area contributed by atoms with Crippen LogP contribution in [0.15, 0.2) is 30.3 Å². The van der Waals surface area contributed by atoms with E-state index in [-0.39, 0.29) is 18.2 Å². The molecular weight excluding hydrogens is 375 g/mol. The van der Waals surface area contributed by atoms with Crippen molar-refractivity contribution in [2.75, 3.05) is 13.1 Å². The normalized spacial score (nSPS) is 17.3. The van der Waals surface area contributed by atoms with Crippen LogP contribution in [0.1, 0.15) is 34.7 Å². The minimum atomic E-state index is -4.87. The number of carbonyl (C=O) groups excluding carboxylic acids is 1. The molecule has 1 aromatic carbocycles. The van der Waals surface area contributed by atoms with Gasteiger partial charge in [-0.25, -0.2) is 4.98 Å². The zero-order valence-corrected chi connectivity index (χ0v) is 15.5. The highest BCUT2D eigenvalue weighted by Crippen LogP contribution is 2.28. The van der Waals surface area contributed by atoms with Crippen molar-refractivity contribution < 1.29 is 27.4 Å². The zero-order chi connectivity index (χ0) is 20.3. The van der Waals surface area contributed by atoms with E-state index in [0.717, 1.165) is 11.8 Å². The summed E-state index contributed by atoms with van der Waals surface area (Å²) in [5, 5.41) is 0. The van der Waals surface area contributed by atoms with Gasteiger partial charge in [0, 0.05) is 18.3 Å². The van der Waals surface area contributed by atoms with Crippen molar-refractivity contribution in [3.8, 4) is 11.6 Å². The highest BCUT2D eigenvalue weighted by molar-refractivity contribution is 5.97. The molecule has 0 aliphatic carbocycles. The first-order valence-corrected chi connectivity index (χ1v) is 8.84. The number of hydrogen-bond donors (Lipinski definition) is 0. The Morgan fingerprint density at radius 1 is 1.21 bits per heavy atom. The molecule has 1 atom stereocenters. The number of rotatable bonds is 4. The maximum Gasteiger partial charge on any atom is 0.573 e. The topological polar surface area (TPSA) is 64.5 Å². The van der Waals surface area contributed by atoms with Crippen molar-refractivity contribution >= 4 is 5.91 Å². The van der Waals surface area contributed by atoms with Gasteiger partial charge in [0.15, 0.2) is 0 Å². The lowest BCUT2D eigenvalue weighted by atomic mass is 10.1. The number of carbonyl (C=O) groups is 1. The van der Waals surface area contributed by atoms with Gasteiger partial charge >= 0.3 is 6.36 Å². The molecule has 6 nitrogen and oxygen atoms in total. The predicted molar refractivity (Wildman–Crippen MR) is 94.2 cm³/mol. The fraction of sp³-hybridized carbons (Fsp3) is 0.421. The number of aryl methyl sites for hydroxylation is 2. The van der Waals surface area contributed by atoms with E-state index in [4.69, 9.17) is 4.74 Å². The number of para-hydroxylation sites is 1. The Labute approximate surface area is 160 Å². The van der Waals surface area contributed by atoms with Crippen molar-refractivity contribution in [2.24, 2.45) is 0 Å². The summed E-state index contributed by atoms with van der Waals surface area (Å²) in [5.41, 5.74) is 0.638. The molecule has 1 saturated heterocycles. The molecular formula is C19H20F3N3O3. The van der Waals surface area contributed by atoms with E-state index >= 15 is 0 Å². The molecule has 1 amide bonds. The van der Waals surface area contributed by atoms with Gasteiger partial charge in [-0.1, -0.05) is 12.1 Å². The van der Waals surface area contributed by atoms with Gasteiger partial charge in [0.2, 0.25) is 5.88 Å². The highest BCUT2D eigenvalue weighted by atomic mass is 19.4. The van der Waals surface area contributed by atoms with Crippen LogP contribution in [-0.4, -0.2) is 46.3 Å². The predicted octanol–water partition coefficient (Wildman–Crippen LogP) is 3.68. The Balaban J connectivity index is 1.73. The monoisotopic (exact) mass is 395 g/mol. The summed E-state index contributed by atoms with van der Waals surface area (Å²) >= 11 is 0. The SMILES string of the molecule is Cc1cc(OC2CCCN(C(=O)c3ccccc3OC(F)(F)F)C2)nc(C)n1. The Kier molecular flexibility index (Phi) is 5.71. The summed E-state index contributed by atoms with van der Waals surface area (Å²) in [6.45, 7) is 4.27. The molecule has 1 aliphatic heterocycles. The summed E-state index contributed by atoms with van der Waals surface area (Å²) in [6.07, 6.45) is -3.79. The molecule has 0 saturated carbocycles. The Morgan fingerprint density at radius 3 is 2.68 bits per heavy atom. The molecule has 1 aromatic heterocycles. The van der Waals surface area contributed by atoms with Crippen molar-refractivity contribution in [2.45, 2.75) is 39.2 Å². The standard InChI is InChI=1S/C19H20F3N3O3/c1-12-10-17(24-13(2)23-12)27-14-6-5-9-25(11-14)18(26)15-7-3-4-8-16(15)28-19(20,21)22/h3-4,7-8,10,14H,5-6,9,11H2,1-2H3. The van der Waals surface area contributed by atoms with E-state index in [2.05, 4.69) is 14.7 Å². The number of aromatic nitrogens is 2. The highest BCUT2D eigenvalue weighted by Gasteiger charge is 2.34. The van der Waals surface area contributed by atoms with Crippen LogP contribution in [0.2, 0.25) is 0 Å². The number of benzene rings is 1. The molecule has 2 heterocycles. The molecule has 1 aliphatic rings. The van der Waals surface area contributed by atoms with Crippen molar-refractivity contribution in [1.82, 2.24) is 14.9 Å². The lowest BCUT2D eigenvalue weighted by Crippen LogP contribution is -2.44. The number of likely N-dealkylation sites (tertiary alicyclic amines) is 1. The number of piperidine rings is 1. The van der Waals surface area contributed by atoms with Gasteiger partial charge in [-0.15, -0.1) is 13.2 Å². The first-order valence-electron chi connectivity index (χ1n) is 8.84. The molecule has 0 N–H and O–H groups in total. The molecule has 1 unspecified atom stereocenters. The average Bonchev–Trinajstić information content (AvgIpc) is 2.59. The van der Waals surface area contributed by atoms with E-state index in [1.54, 1.807) is 13.0 Å². The van der Waals surface area contributed by atoms with Gasteiger partial charge in [-0.2, -0.15) is 4.98 Å². The molecule has 0 spiro atoms. The van der Waals surface area contributed by atoms with Crippen LogP contribution in [0.25, 0.3) is 0 Å². The van der Waals surface area contributed by atoms with Gasteiger partial charge in [-0.05, 0) is 38.8 Å². The lowest BCUT2D eigenvalue weighted by molar-refractivity contribution is -0.274. The van der Waals surface area contributed by atoms with Crippen LogP contribution < -0.4 is 9.47 Å². The van der Waals surface area contributed by atoms with Gasteiger partial charge in [-0.3, -0.25) is 4.79 Å². The van der Waals surface area contributed by atoms with Crippen LogP contribution in [0.4, 0.5) is 13.2 Å². The summed E-state index contributed by atoms with van der Waals surface area (Å²) in [7, 11) is 0. The average molecular weight is 395 g/mol. The lowest BCUT2D eigenvalue weighted by Gasteiger charge is -2.33. The second-order valence-corrected chi connectivity index (χ2v) is 6.57. The van der Waals surface area contributed by atoms with Crippen molar-refractivity contribution in [3.63, 3.8) is 0 Å². The third-order valence-corrected chi connectivity index (χ3v) is 4.24.